The van der Waals surface area contributed by atoms with E-state index in [2.05, 4.69) is 32.7 Å². The lowest BCUT2D eigenvalue weighted by Gasteiger charge is -2.30. The molecule has 0 saturated heterocycles. The van der Waals surface area contributed by atoms with Crippen LogP contribution in [0.15, 0.2) is 59.5 Å². The highest BCUT2D eigenvalue weighted by atomic mass is 16.5. The minimum Gasteiger partial charge on any atom is -0.486 e. The van der Waals surface area contributed by atoms with Crippen LogP contribution in [0.25, 0.3) is 0 Å². The molecule has 0 spiro atoms. The van der Waals surface area contributed by atoms with Gasteiger partial charge in [-0.1, -0.05) is 18.2 Å². The van der Waals surface area contributed by atoms with E-state index in [1.807, 2.05) is 30.3 Å². The summed E-state index contributed by atoms with van der Waals surface area (Å²) in [4.78, 5) is 18.9. The molecule has 2 aromatic carbocycles. The van der Waals surface area contributed by atoms with E-state index >= 15 is 0 Å². The lowest BCUT2D eigenvalue weighted by molar-refractivity contribution is 0.0842. The highest BCUT2D eigenvalue weighted by Gasteiger charge is 2.22. The van der Waals surface area contributed by atoms with Crippen molar-refractivity contribution in [3.05, 3.63) is 77.5 Å². The molecule has 1 aliphatic carbocycles. The first kappa shape index (κ1) is 23.4. The van der Waals surface area contributed by atoms with E-state index in [1.54, 1.807) is 6.20 Å². The second-order valence-electron chi connectivity index (χ2n) is 9.35. The Hall–Kier alpha value is -3.36. The molecule has 0 radical (unpaired) electrons. The van der Waals surface area contributed by atoms with Crippen LogP contribution in [0.5, 0.6) is 5.75 Å². The van der Waals surface area contributed by atoms with Crippen LogP contribution in [0.1, 0.15) is 46.5 Å². The minimum atomic E-state index is -0.642. The number of aliphatic hydroxyl groups excluding tert-OH is 1. The highest BCUT2D eigenvalue weighted by molar-refractivity contribution is 5.99. The number of anilines is 1. The summed E-state index contributed by atoms with van der Waals surface area (Å²) in [5, 5.41) is 17.0. The van der Waals surface area contributed by atoms with Crippen molar-refractivity contribution in [2.24, 2.45) is 0 Å². The van der Waals surface area contributed by atoms with Crippen molar-refractivity contribution in [3.63, 3.8) is 0 Å². The number of para-hydroxylation sites is 1. The molecule has 1 aromatic heterocycles. The molecule has 5 rings (SSSR count). The molecule has 8 heteroatoms. The number of nitrogens with zero attached hydrogens (tertiary/aromatic N) is 2. The summed E-state index contributed by atoms with van der Waals surface area (Å²) in [5.41, 5.74) is 3.98. The summed E-state index contributed by atoms with van der Waals surface area (Å²) in [7, 11) is 0. The Labute approximate surface area is 205 Å². The lowest BCUT2D eigenvalue weighted by Crippen LogP contribution is -2.42. The van der Waals surface area contributed by atoms with E-state index in [9.17, 15) is 9.90 Å². The third kappa shape index (κ3) is 6.01. The van der Waals surface area contributed by atoms with Crippen molar-refractivity contribution in [1.29, 1.82) is 0 Å². The Bertz CT molecular complexity index is 1130. The molecule has 3 N–H and O–H groups in total. The normalized spacial score (nSPS) is 16.7. The maximum absolute atomic E-state index is 12.8. The van der Waals surface area contributed by atoms with Gasteiger partial charge in [0, 0.05) is 37.9 Å². The van der Waals surface area contributed by atoms with Crippen molar-refractivity contribution in [2.45, 2.75) is 51.0 Å². The minimum absolute atomic E-state index is 0.159. The number of ether oxygens (including phenoxy) is 1. The number of aliphatic hydroxyl groups is 1. The first-order valence-electron chi connectivity index (χ1n) is 12.3. The molecule has 35 heavy (non-hydrogen) atoms. The second-order valence-corrected chi connectivity index (χ2v) is 9.35. The fourth-order valence-corrected chi connectivity index (χ4v) is 4.55. The first-order chi connectivity index (χ1) is 17.1. The Morgan fingerprint density at radius 2 is 2.11 bits per heavy atom. The Morgan fingerprint density at radius 1 is 1.23 bits per heavy atom. The van der Waals surface area contributed by atoms with Crippen LogP contribution < -0.4 is 15.4 Å². The average molecular weight is 477 g/mol. The van der Waals surface area contributed by atoms with Gasteiger partial charge in [0.2, 0.25) is 0 Å². The van der Waals surface area contributed by atoms with Crippen LogP contribution in [0.2, 0.25) is 0 Å². The van der Waals surface area contributed by atoms with Crippen molar-refractivity contribution in [3.8, 4) is 5.75 Å². The molecular formula is C27H32N4O4. The van der Waals surface area contributed by atoms with Gasteiger partial charge < -0.3 is 24.9 Å². The number of fused-ring (bicyclic) bond motifs is 1. The Morgan fingerprint density at radius 3 is 2.91 bits per heavy atom. The number of benzene rings is 2. The van der Waals surface area contributed by atoms with E-state index in [0.717, 1.165) is 43.8 Å². The number of hydrogen-bond acceptors (Lipinski definition) is 7. The van der Waals surface area contributed by atoms with E-state index in [-0.39, 0.29) is 12.5 Å². The Balaban J connectivity index is 1.09. The fourth-order valence-electron chi connectivity index (χ4n) is 4.55. The van der Waals surface area contributed by atoms with Gasteiger partial charge >= 0.3 is 0 Å². The van der Waals surface area contributed by atoms with Crippen LogP contribution in [-0.2, 0) is 19.6 Å². The van der Waals surface area contributed by atoms with Crippen LogP contribution in [0.3, 0.4) is 0 Å². The fraction of sp³-hybridized carbons (Fsp3) is 0.407. The van der Waals surface area contributed by atoms with Crippen molar-refractivity contribution in [1.82, 2.24) is 15.2 Å². The van der Waals surface area contributed by atoms with Crippen LogP contribution >= 0.6 is 0 Å². The molecule has 1 saturated carbocycles. The van der Waals surface area contributed by atoms with Gasteiger partial charge in [0.1, 0.15) is 12.4 Å². The number of amides is 1. The number of oxazole rings is 1. The summed E-state index contributed by atoms with van der Waals surface area (Å²) in [5.74, 6) is 1.34. The largest absolute Gasteiger partial charge is 0.486 e. The number of carbonyl (C=O) groups excluding carboxylic acids is 1. The predicted molar refractivity (Wildman–Crippen MR) is 132 cm³/mol. The van der Waals surface area contributed by atoms with E-state index < -0.39 is 6.10 Å². The van der Waals surface area contributed by atoms with Gasteiger partial charge in [-0.25, -0.2) is 4.98 Å². The summed E-state index contributed by atoms with van der Waals surface area (Å²) < 4.78 is 11.0. The van der Waals surface area contributed by atoms with Crippen molar-refractivity contribution in [2.75, 3.05) is 25.0 Å². The monoisotopic (exact) mass is 476 g/mol. The molecule has 184 valence electrons. The second kappa shape index (κ2) is 10.9. The standard InChI is InChI=1S/C27H32N4O4/c32-22(13-29-27(33)25-6-1-2-7-26(25)30-21-4-3-5-21)16-31-11-10-19-12-23(9-8-20(19)15-31)34-17-24-14-28-18-35-24/h1-2,6-9,12,14,18,21-22,30,32H,3-5,10-11,13,15-17H2,(H,29,33)/t22-/m0/s1. The molecule has 3 aromatic rings. The number of β-amino-alcohol motifs (C(OH)–C–C–N with tert-alkyl or cyclic N) is 1. The summed E-state index contributed by atoms with van der Waals surface area (Å²) in [6, 6.07) is 14.1. The van der Waals surface area contributed by atoms with Crippen LogP contribution in [-0.4, -0.2) is 52.7 Å². The molecule has 8 nitrogen and oxygen atoms in total. The molecule has 1 aliphatic heterocycles. The molecule has 1 amide bonds. The number of aromatic nitrogens is 1. The number of hydrogen-bond donors (Lipinski definition) is 3. The van der Waals surface area contributed by atoms with E-state index in [1.165, 1.54) is 23.9 Å². The van der Waals surface area contributed by atoms with Gasteiger partial charge in [-0.05, 0) is 61.1 Å². The zero-order valence-corrected chi connectivity index (χ0v) is 19.8. The topological polar surface area (TPSA) is 99.9 Å². The molecule has 0 bridgehead atoms. The van der Waals surface area contributed by atoms with Gasteiger partial charge in [0.15, 0.2) is 12.2 Å². The van der Waals surface area contributed by atoms with Gasteiger partial charge in [0.05, 0.1) is 17.9 Å². The van der Waals surface area contributed by atoms with E-state index in [0.29, 0.717) is 30.5 Å². The summed E-state index contributed by atoms with van der Waals surface area (Å²) in [6.07, 6.45) is 6.81. The molecule has 1 fully saturated rings. The maximum Gasteiger partial charge on any atom is 0.253 e. The smallest absolute Gasteiger partial charge is 0.253 e. The number of nitrogens with one attached hydrogen (secondary N) is 2. The molecule has 1 atom stereocenters. The lowest BCUT2D eigenvalue weighted by atomic mass is 9.92. The van der Waals surface area contributed by atoms with Crippen molar-refractivity contribution < 1.29 is 19.1 Å². The van der Waals surface area contributed by atoms with E-state index in [4.69, 9.17) is 9.15 Å². The number of rotatable bonds is 10. The molecular weight excluding hydrogens is 444 g/mol. The molecule has 0 unspecified atom stereocenters. The van der Waals surface area contributed by atoms with Gasteiger partial charge in [0.25, 0.3) is 5.91 Å². The zero-order chi connectivity index (χ0) is 24.0. The van der Waals surface area contributed by atoms with Gasteiger partial charge in [-0.3, -0.25) is 9.69 Å². The average Bonchev–Trinajstić information content (AvgIpc) is 3.37. The third-order valence-corrected chi connectivity index (χ3v) is 6.74. The molecule has 2 heterocycles. The van der Waals surface area contributed by atoms with Gasteiger partial charge in [-0.15, -0.1) is 0 Å². The summed E-state index contributed by atoms with van der Waals surface area (Å²) in [6.45, 7) is 2.68. The first-order valence-corrected chi connectivity index (χ1v) is 12.3. The predicted octanol–water partition coefficient (Wildman–Crippen LogP) is 3.37. The Kier molecular flexibility index (Phi) is 7.30. The SMILES string of the molecule is O=C(NC[C@H](O)CN1CCc2cc(OCc3cnco3)ccc2C1)c1ccccc1NC1CCC1. The zero-order valence-electron chi connectivity index (χ0n) is 19.8. The third-order valence-electron chi connectivity index (χ3n) is 6.74. The van der Waals surface area contributed by atoms with Crippen LogP contribution in [0.4, 0.5) is 5.69 Å². The van der Waals surface area contributed by atoms with Crippen LogP contribution in [0, 0.1) is 0 Å². The number of carbonyl (C=O) groups is 1. The highest BCUT2D eigenvalue weighted by Crippen LogP contribution is 2.26. The van der Waals surface area contributed by atoms with Crippen molar-refractivity contribution >= 4 is 11.6 Å². The quantitative estimate of drug-likeness (QED) is 0.413. The van der Waals surface area contributed by atoms with Gasteiger partial charge in [-0.2, -0.15) is 0 Å². The maximum atomic E-state index is 12.8. The summed E-state index contributed by atoms with van der Waals surface area (Å²) >= 11 is 0. The molecule has 2 aliphatic rings.